The van der Waals surface area contributed by atoms with Crippen molar-refractivity contribution in [3.63, 3.8) is 0 Å². The number of rotatable bonds is 8. The van der Waals surface area contributed by atoms with Gasteiger partial charge in [0.1, 0.15) is 30.4 Å². The molecule has 3 aliphatic heterocycles. The fraction of sp³-hybridized carbons (Fsp3) is 0.452. The van der Waals surface area contributed by atoms with E-state index < -0.39 is 24.3 Å². The molecule has 12 nitrogen and oxygen atoms in total. The second-order valence-corrected chi connectivity index (χ2v) is 11.8. The first-order valence-corrected chi connectivity index (χ1v) is 15.3. The summed E-state index contributed by atoms with van der Waals surface area (Å²) < 4.78 is 26.1. The standard InChI is InChI=1S/C31H34ClFN8O4/c1-19(42)30(43)41-7-6-28(25(33)15-41)45-27-5-2-20(12-21(27)14-34)29-35-18-36-31(38-29)37-22-3-4-26(24(32)13-22)40-10-8-39(9-11-40)23-16-44-17-23/h2-5,12-13,18-19,23,25,28,42H,6-11,15-17H2,1H3,(H,35,36,37,38)/t19?,25-,28+/m1/s1. The highest BCUT2D eigenvalue weighted by Gasteiger charge is 2.34. The Morgan fingerprint density at radius 1 is 1.18 bits per heavy atom. The largest absolute Gasteiger partial charge is 0.486 e. The molecule has 3 aliphatic rings. The molecule has 2 N–H and O–H groups in total. The Morgan fingerprint density at radius 2 is 1.98 bits per heavy atom. The summed E-state index contributed by atoms with van der Waals surface area (Å²) in [4.78, 5) is 31.1. The number of aliphatic hydroxyl groups excluding tert-OH is 1. The van der Waals surface area contributed by atoms with Gasteiger partial charge in [0.15, 0.2) is 12.0 Å². The number of aliphatic hydroxyl groups is 1. The first kappa shape index (κ1) is 30.9. The molecule has 3 fully saturated rings. The maximum atomic E-state index is 14.9. The summed E-state index contributed by atoms with van der Waals surface area (Å²) in [7, 11) is 0. The summed E-state index contributed by atoms with van der Waals surface area (Å²) in [5.41, 5.74) is 2.45. The number of nitrogens with one attached hydrogen (secondary N) is 1. The van der Waals surface area contributed by atoms with Crippen molar-refractivity contribution >= 4 is 34.8 Å². The molecule has 1 amide bonds. The zero-order valence-corrected chi connectivity index (χ0v) is 25.5. The highest BCUT2D eigenvalue weighted by molar-refractivity contribution is 6.33. The molecule has 14 heteroatoms. The van der Waals surface area contributed by atoms with Crippen molar-refractivity contribution in [3.8, 4) is 23.2 Å². The first-order valence-electron chi connectivity index (χ1n) is 14.9. The minimum Gasteiger partial charge on any atom is -0.486 e. The van der Waals surface area contributed by atoms with E-state index in [-0.39, 0.29) is 30.8 Å². The zero-order chi connectivity index (χ0) is 31.5. The molecule has 1 unspecified atom stereocenters. The molecule has 0 bridgehead atoms. The van der Waals surface area contributed by atoms with E-state index in [9.17, 15) is 19.6 Å². The number of carbonyl (C=O) groups is 1. The molecule has 0 aliphatic carbocycles. The number of nitriles is 1. The molecule has 6 rings (SSSR count). The second kappa shape index (κ2) is 13.5. The highest BCUT2D eigenvalue weighted by Crippen LogP contribution is 2.32. The van der Waals surface area contributed by atoms with Gasteiger partial charge < -0.3 is 29.7 Å². The normalized spacial score (nSPS) is 21.5. The Hall–Kier alpha value is -4.09. The number of anilines is 3. The van der Waals surface area contributed by atoms with E-state index in [1.54, 1.807) is 18.2 Å². The maximum Gasteiger partial charge on any atom is 0.251 e. The van der Waals surface area contributed by atoms with Gasteiger partial charge in [-0.1, -0.05) is 11.6 Å². The van der Waals surface area contributed by atoms with Gasteiger partial charge in [-0.3, -0.25) is 9.69 Å². The molecule has 3 atom stereocenters. The van der Waals surface area contributed by atoms with Crippen LogP contribution >= 0.6 is 11.6 Å². The SMILES string of the molecule is CC(O)C(=O)N1CC[C@H](Oc2ccc(-c3ncnc(Nc4ccc(N5CCN(C6COC6)CC5)c(Cl)c4)n3)cc2C#N)[C@H](F)C1. The number of piperidine rings is 1. The Balaban J connectivity index is 1.09. The molecule has 0 spiro atoms. The number of ether oxygens (including phenoxy) is 2. The molecule has 1 aromatic heterocycles. The van der Waals surface area contributed by atoms with Gasteiger partial charge in [-0.2, -0.15) is 10.2 Å². The molecular formula is C31H34ClFN8O4. The summed E-state index contributed by atoms with van der Waals surface area (Å²) in [5, 5.41) is 23.1. The van der Waals surface area contributed by atoms with Crippen LogP contribution in [0, 0.1) is 11.3 Å². The number of carbonyl (C=O) groups excluding carboxylic acids is 1. The van der Waals surface area contributed by atoms with Crippen LogP contribution in [-0.4, -0.2) is 113 Å². The van der Waals surface area contributed by atoms with Gasteiger partial charge in [-0.15, -0.1) is 0 Å². The van der Waals surface area contributed by atoms with Gasteiger partial charge in [0.2, 0.25) is 5.95 Å². The van der Waals surface area contributed by atoms with Crippen molar-refractivity contribution in [2.24, 2.45) is 0 Å². The molecule has 45 heavy (non-hydrogen) atoms. The Bertz CT molecular complexity index is 1580. The molecule has 3 saturated heterocycles. The lowest BCUT2D eigenvalue weighted by Crippen LogP contribution is -2.56. The zero-order valence-electron chi connectivity index (χ0n) is 24.8. The fourth-order valence-corrected chi connectivity index (χ4v) is 6.03. The molecule has 0 saturated carbocycles. The van der Waals surface area contributed by atoms with Gasteiger partial charge in [-0.05, 0) is 43.3 Å². The van der Waals surface area contributed by atoms with Gasteiger partial charge in [0.25, 0.3) is 5.91 Å². The van der Waals surface area contributed by atoms with Crippen molar-refractivity contribution in [2.45, 2.75) is 37.8 Å². The number of halogens is 2. The number of likely N-dealkylation sites (tertiary alicyclic amines) is 1. The second-order valence-electron chi connectivity index (χ2n) is 11.4. The number of hydrogen-bond donors (Lipinski definition) is 2. The minimum absolute atomic E-state index is 0.184. The summed E-state index contributed by atoms with van der Waals surface area (Å²) in [6.07, 6.45) is -1.89. The van der Waals surface area contributed by atoms with E-state index in [0.29, 0.717) is 28.4 Å². The molecule has 3 aromatic rings. The van der Waals surface area contributed by atoms with Crippen molar-refractivity contribution in [1.82, 2.24) is 24.8 Å². The summed E-state index contributed by atoms with van der Waals surface area (Å²) in [6.45, 7) is 6.79. The number of hydrogen-bond acceptors (Lipinski definition) is 11. The minimum atomic E-state index is -1.47. The van der Waals surface area contributed by atoms with E-state index in [0.717, 1.165) is 50.8 Å². The highest BCUT2D eigenvalue weighted by atomic mass is 35.5. The van der Waals surface area contributed by atoms with Crippen molar-refractivity contribution in [2.75, 3.05) is 62.7 Å². The third-order valence-electron chi connectivity index (χ3n) is 8.35. The van der Waals surface area contributed by atoms with E-state index >= 15 is 0 Å². The molecular weight excluding hydrogens is 603 g/mol. The van der Waals surface area contributed by atoms with Crippen LogP contribution in [-0.2, 0) is 9.53 Å². The third kappa shape index (κ3) is 6.94. The lowest BCUT2D eigenvalue weighted by molar-refractivity contribution is -0.143. The number of alkyl halides is 1. The van der Waals surface area contributed by atoms with Crippen LogP contribution in [0.4, 0.5) is 21.7 Å². The maximum absolute atomic E-state index is 14.9. The molecule has 2 aromatic carbocycles. The van der Waals surface area contributed by atoms with E-state index in [1.165, 1.54) is 18.2 Å². The lowest BCUT2D eigenvalue weighted by atomic mass is 10.0. The quantitative estimate of drug-likeness (QED) is 0.377. The van der Waals surface area contributed by atoms with Crippen LogP contribution in [0.25, 0.3) is 11.4 Å². The van der Waals surface area contributed by atoms with Crippen molar-refractivity contribution in [3.05, 3.63) is 53.3 Å². The van der Waals surface area contributed by atoms with Crippen LogP contribution in [0.2, 0.25) is 5.02 Å². The van der Waals surface area contributed by atoms with E-state index in [1.807, 2.05) is 18.2 Å². The number of nitrogens with zero attached hydrogens (tertiary/aromatic N) is 7. The predicted molar refractivity (Wildman–Crippen MR) is 165 cm³/mol. The predicted octanol–water partition coefficient (Wildman–Crippen LogP) is 3.03. The Kier molecular flexibility index (Phi) is 9.27. The summed E-state index contributed by atoms with van der Waals surface area (Å²) in [5.74, 6) is 0.345. The number of benzene rings is 2. The third-order valence-corrected chi connectivity index (χ3v) is 8.66. The Labute approximate surface area is 265 Å². The average Bonchev–Trinajstić information content (AvgIpc) is 3.01. The van der Waals surface area contributed by atoms with Crippen LogP contribution < -0.4 is 15.0 Å². The molecule has 0 radical (unpaired) electrons. The number of piperazine rings is 1. The number of aromatic nitrogens is 3. The Morgan fingerprint density at radius 3 is 2.64 bits per heavy atom. The monoisotopic (exact) mass is 636 g/mol. The van der Waals surface area contributed by atoms with E-state index in [4.69, 9.17) is 21.1 Å². The molecule has 236 valence electrons. The van der Waals surface area contributed by atoms with Gasteiger partial charge in [-0.25, -0.2) is 14.4 Å². The van der Waals surface area contributed by atoms with Gasteiger partial charge in [0, 0.05) is 50.4 Å². The lowest BCUT2D eigenvalue weighted by Gasteiger charge is -2.43. The van der Waals surface area contributed by atoms with Crippen molar-refractivity contribution < 1.29 is 23.8 Å². The van der Waals surface area contributed by atoms with Crippen LogP contribution in [0.3, 0.4) is 0 Å². The van der Waals surface area contributed by atoms with Crippen LogP contribution in [0.1, 0.15) is 18.9 Å². The number of amides is 1. The first-order chi connectivity index (χ1) is 21.8. The smallest absolute Gasteiger partial charge is 0.251 e. The molecule has 4 heterocycles. The topological polar surface area (TPSA) is 140 Å². The summed E-state index contributed by atoms with van der Waals surface area (Å²) >= 11 is 6.69. The fourth-order valence-electron chi connectivity index (χ4n) is 5.73. The van der Waals surface area contributed by atoms with E-state index in [2.05, 4.69) is 36.1 Å². The van der Waals surface area contributed by atoms with Gasteiger partial charge >= 0.3 is 0 Å². The van der Waals surface area contributed by atoms with Crippen LogP contribution in [0.5, 0.6) is 5.75 Å². The van der Waals surface area contributed by atoms with Gasteiger partial charge in [0.05, 0.1) is 42.1 Å². The summed E-state index contributed by atoms with van der Waals surface area (Å²) in [6, 6.07) is 13.3. The van der Waals surface area contributed by atoms with Crippen molar-refractivity contribution in [1.29, 1.82) is 5.26 Å². The average molecular weight is 637 g/mol. The van der Waals surface area contributed by atoms with Crippen LogP contribution in [0.15, 0.2) is 42.7 Å².